The highest BCUT2D eigenvalue weighted by atomic mass is 35.5. The Morgan fingerprint density at radius 3 is 2.43 bits per heavy atom. The molecule has 2 aromatic rings. The molecule has 0 aliphatic carbocycles. The van der Waals surface area contributed by atoms with Gasteiger partial charge in [-0.2, -0.15) is 0 Å². The molecule has 0 saturated carbocycles. The van der Waals surface area contributed by atoms with Gasteiger partial charge in [-0.15, -0.1) is 0 Å². The van der Waals surface area contributed by atoms with Gasteiger partial charge in [0.05, 0.1) is 13.1 Å². The lowest BCUT2D eigenvalue weighted by atomic mass is 9.95. The molecule has 35 heavy (non-hydrogen) atoms. The predicted molar refractivity (Wildman–Crippen MR) is 134 cm³/mol. The number of carbonyl (C=O) groups excluding carboxylic acids is 3. The molecule has 0 bridgehead atoms. The molecule has 1 N–H and O–H groups in total. The van der Waals surface area contributed by atoms with Crippen molar-refractivity contribution in [3.8, 4) is 0 Å². The summed E-state index contributed by atoms with van der Waals surface area (Å²) >= 11 is 6.39. The van der Waals surface area contributed by atoms with Crippen molar-refractivity contribution < 1.29 is 14.4 Å². The van der Waals surface area contributed by atoms with E-state index in [4.69, 9.17) is 11.6 Å². The summed E-state index contributed by atoms with van der Waals surface area (Å²) in [5.74, 6) is -0.391. The summed E-state index contributed by atoms with van der Waals surface area (Å²) in [6, 6.07) is 16.1. The van der Waals surface area contributed by atoms with Gasteiger partial charge < -0.3 is 15.1 Å². The summed E-state index contributed by atoms with van der Waals surface area (Å²) < 4.78 is 0. The fourth-order valence-electron chi connectivity index (χ4n) is 4.85. The fourth-order valence-corrected chi connectivity index (χ4v) is 5.04. The van der Waals surface area contributed by atoms with Crippen molar-refractivity contribution in [3.05, 3.63) is 70.7 Å². The third kappa shape index (κ3) is 5.13. The number of likely N-dealkylation sites (N-methyl/N-ethyl adjacent to an activating group) is 1. The van der Waals surface area contributed by atoms with Crippen LogP contribution in [0.25, 0.3) is 0 Å². The Hall–Kier alpha value is -3.10. The van der Waals surface area contributed by atoms with Crippen LogP contribution in [-0.4, -0.2) is 69.5 Å². The van der Waals surface area contributed by atoms with Crippen molar-refractivity contribution in [2.45, 2.75) is 46.1 Å². The van der Waals surface area contributed by atoms with Gasteiger partial charge >= 0.3 is 6.03 Å². The van der Waals surface area contributed by atoms with Gasteiger partial charge in [0.2, 0.25) is 11.8 Å². The first kappa shape index (κ1) is 25.0. The first-order valence-corrected chi connectivity index (χ1v) is 12.4. The number of halogens is 1. The maximum absolute atomic E-state index is 13.6. The SMILES string of the molecule is CCN1CC(=O)N2[C@@H](C(C)C)C(=O)N(Cc3ccccc3Cl)C[C@@H]2N1C(=O)NCc1ccccc1. The zero-order valence-corrected chi connectivity index (χ0v) is 21.1. The van der Waals surface area contributed by atoms with Crippen LogP contribution < -0.4 is 5.32 Å². The molecule has 2 aromatic carbocycles. The number of nitrogens with zero attached hydrogens (tertiary/aromatic N) is 4. The van der Waals surface area contributed by atoms with Crippen molar-refractivity contribution >= 4 is 29.4 Å². The van der Waals surface area contributed by atoms with Crippen molar-refractivity contribution in [2.75, 3.05) is 19.6 Å². The van der Waals surface area contributed by atoms with Crippen LogP contribution in [0, 0.1) is 5.92 Å². The highest BCUT2D eigenvalue weighted by Gasteiger charge is 2.51. The Labute approximate surface area is 211 Å². The first-order valence-electron chi connectivity index (χ1n) is 12.0. The van der Waals surface area contributed by atoms with E-state index in [9.17, 15) is 14.4 Å². The number of amides is 4. The van der Waals surface area contributed by atoms with E-state index in [0.717, 1.165) is 11.1 Å². The topological polar surface area (TPSA) is 76.2 Å². The molecule has 0 radical (unpaired) electrons. The molecule has 9 heteroatoms. The van der Waals surface area contributed by atoms with E-state index in [1.54, 1.807) is 25.9 Å². The number of fused-ring (bicyclic) bond motifs is 1. The van der Waals surface area contributed by atoms with E-state index in [2.05, 4.69) is 5.32 Å². The van der Waals surface area contributed by atoms with Crippen LogP contribution in [0.1, 0.15) is 31.9 Å². The number of benzene rings is 2. The number of nitrogens with one attached hydrogen (secondary N) is 1. The van der Waals surface area contributed by atoms with E-state index in [1.807, 2.05) is 69.3 Å². The Morgan fingerprint density at radius 1 is 1.09 bits per heavy atom. The summed E-state index contributed by atoms with van der Waals surface area (Å²) in [5.41, 5.74) is 1.81. The number of hydrazine groups is 1. The van der Waals surface area contributed by atoms with Crippen molar-refractivity contribution in [3.63, 3.8) is 0 Å². The van der Waals surface area contributed by atoms with Gasteiger partial charge in [-0.25, -0.2) is 14.8 Å². The van der Waals surface area contributed by atoms with Crippen LogP contribution in [0.5, 0.6) is 0 Å². The quantitative estimate of drug-likeness (QED) is 0.664. The van der Waals surface area contributed by atoms with Crippen molar-refractivity contribution in [2.24, 2.45) is 5.92 Å². The van der Waals surface area contributed by atoms with E-state index >= 15 is 0 Å². The molecule has 2 fully saturated rings. The highest BCUT2D eigenvalue weighted by Crippen LogP contribution is 2.31. The number of hydrogen-bond acceptors (Lipinski definition) is 4. The van der Waals surface area contributed by atoms with E-state index in [1.165, 1.54) is 0 Å². The van der Waals surface area contributed by atoms with Crippen LogP contribution in [-0.2, 0) is 22.7 Å². The third-order valence-corrected chi connectivity index (χ3v) is 6.94. The monoisotopic (exact) mass is 497 g/mol. The van der Waals surface area contributed by atoms with Crippen molar-refractivity contribution in [1.82, 2.24) is 25.1 Å². The van der Waals surface area contributed by atoms with Crippen LogP contribution in [0.3, 0.4) is 0 Å². The van der Waals surface area contributed by atoms with Gasteiger partial charge in [-0.3, -0.25) is 9.59 Å². The van der Waals surface area contributed by atoms with Crippen LogP contribution in [0.2, 0.25) is 5.02 Å². The number of carbonyl (C=O) groups is 3. The lowest BCUT2D eigenvalue weighted by Crippen LogP contribution is -2.77. The number of piperazine rings is 1. The molecule has 4 rings (SSSR count). The average molecular weight is 498 g/mol. The summed E-state index contributed by atoms with van der Waals surface area (Å²) in [4.78, 5) is 43.7. The molecule has 2 atom stereocenters. The van der Waals surface area contributed by atoms with Gasteiger partial charge in [-0.05, 0) is 23.1 Å². The third-order valence-electron chi connectivity index (χ3n) is 6.57. The van der Waals surface area contributed by atoms with Crippen LogP contribution in [0.4, 0.5) is 4.79 Å². The van der Waals surface area contributed by atoms with Gasteiger partial charge in [0.15, 0.2) is 0 Å². The first-order chi connectivity index (χ1) is 16.8. The zero-order chi connectivity index (χ0) is 25.1. The molecular weight excluding hydrogens is 466 g/mol. The number of rotatable bonds is 6. The lowest BCUT2D eigenvalue weighted by Gasteiger charge is -2.55. The fraction of sp³-hybridized carbons (Fsp3) is 0.423. The normalized spacial score (nSPS) is 20.9. The highest BCUT2D eigenvalue weighted by molar-refractivity contribution is 6.31. The van der Waals surface area contributed by atoms with Crippen molar-refractivity contribution in [1.29, 1.82) is 0 Å². The Morgan fingerprint density at radius 2 is 1.77 bits per heavy atom. The van der Waals surface area contributed by atoms with E-state index < -0.39 is 12.2 Å². The smallest absolute Gasteiger partial charge is 0.333 e. The summed E-state index contributed by atoms with van der Waals surface area (Å²) in [7, 11) is 0. The Bertz CT molecular complexity index is 1080. The molecule has 2 saturated heterocycles. The molecule has 2 aliphatic rings. The van der Waals surface area contributed by atoms with Crippen LogP contribution in [0.15, 0.2) is 54.6 Å². The van der Waals surface area contributed by atoms with Crippen LogP contribution >= 0.6 is 11.6 Å². The second-order valence-electron chi connectivity index (χ2n) is 9.25. The number of hydrogen-bond donors (Lipinski definition) is 1. The zero-order valence-electron chi connectivity index (χ0n) is 20.4. The molecule has 0 spiro atoms. The van der Waals surface area contributed by atoms with Gasteiger partial charge in [0.1, 0.15) is 12.2 Å². The second kappa shape index (κ2) is 10.7. The molecule has 2 heterocycles. The molecule has 2 aliphatic heterocycles. The molecule has 0 aromatic heterocycles. The molecular formula is C26H32ClN5O3. The van der Waals surface area contributed by atoms with Gasteiger partial charge in [0.25, 0.3) is 0 Å². The summed E-state index contributed by atoms with van der Waals surface area (Å²) in [6.07, 6.45) is -0.612. The minimum absolute atomic E-state index is 0.0484. The molecule has 8 nitrogen and oxygen atoms in total. The average Bonchev–Trinajstić information content (AvgIpc) is 2.85. The molecule has 0 unspecified atom stereocenters. The summed E-state index contributed by atoms with van der Waals surface area (Å²) in [5, 5.41) is 6.94. The minimum atomic E-state index is -0.660. The maximum atomic E-state index is 13.6. The maximum Gasteiger partial charge on any atom is 0.334 e. The largest absolute Gasteiger partial charge is 0.334 e. The second-order valence-corrected chi connectivity index (χ2v) is 9.66. The molecule has 4 amide bonds. The van der Waals surface area contributed by atoms with E-state index in [-0.39, 0.29) is 36.9 Å². The predicted octanol–water partition coefficient (Wildman–Crippen LogP) is 3.32. The van der Waals surface area contributed by atoms with E-state index in [0.29, 0.717) is 24.7 Å². The lowest BCUT2D eigenvalue weighted by molar-refractivity contribution is -0.193. The molecule has 186 valence electrons. The Balaban J connectivity index is 1.64. The Kier molecular flexibility index (Phi) is 7.62. The van der Waals surface area contributed by atoms with Gasteiger partial charge in [0, 0.05) is 24.7 Å². The minimum Gasteiger partial charge on any atom is -0.333 e. The van der Waals surface area contributed by atoms with Gasteiger partial charge in [-0.1, -0.05) is 80.9 Å². The number of urea groups is 1. The standard InChI is InChI=1S/C26H32ClN5O3/c1-4-30-17-23(33)31-22(32(30)26(35)28-14-19-10-6-5-7-11-19)16-29(25(34)24(31)18(2)3)15-20-12-8-9-13-21(20)27/h5-13,18,22,24H,4,14-17H2,1-3H3,(H,28,35)/t22-,24-/m0/s1. The summed E-state index contributed by atoms with van der Waals surface area (Å²) in [6.45, 7) is 7.18.